The van der Waals surface area contributed by atoms with E-state index in [1.54, 1.807) is 6.08 Å². The van der Waals surface area contributed by atoms with Crippen molar-refractivity contribution in [3.8, 4) is 0 Å². The Kier molecular flexibility index (Phi) is 52.8. The predicted octanol–water partition coefficient (Wildman–Crippen LogP) is 19.0. The molecule has 0 aliphatic heterocycles. The third kappa shape index (κ3) is 53.7. The van der Waals surface area contributed by atoms with E-state index in [1.165, 1.54) is 154 Å². The summed E-state index contributed by atoms with van der Waals surface area (Å²) in [5, 5.41) is 0. The van der Waals surface area contributed by atoms with Crippen molar-refractivity contribution < 1.29 is 28.6 Å². The number of allylic oxidation sites excluding steroid dienone is 11. The van der Waals surface area contributed by atoms with Gasteiger partial charge in [0.1, 0.15) is 13.2 Å². The van der Waals surface area contributed by atoms with Crippen LogP contribution in [0.4, 0.5) is 0 Å². The number of ether oxygens (including phenoxy) is 3. The number of unbranched alkanes of at least 4 members (excludes halogenated alkanes) is 29. The highest BCUT2D eigenvalue weighted by Gasteiger charge is 2.19. The molecule has 1 atom stereocenters. The van der Waals surface area contributed by atoms with Gasteiger partial charge >= 0.3 is 17.9 Å². The highest BCUT2D eigenvalue weighted by molar-refractivity contribution is 5.72. The van der Waals surface area contributed by atoms with E-state index in [0.717, 1.165) is 83.5 Å². The SMILES string of the molecule is CC/C=C\C/C=C\C/C=C\C/C=C\C/C=C\CC(=O)OC(COC(=O)CCCCCCC/C=C\CCCCC)COC(=O)CCCCCCCCCCCCCCCCCCCCCCCC. The summed E-state index contributed by atoms with van der Waals surface area (Å²) in [4.78, 5) is 38.0. The van der Waals surface area contributed by atoms with Gasteiger partial charge < -0.3 is 14.2 Å². The van der Waals surface area contributed by atoms with Gasteiger partial charge in [-0.15, -0.1) is 0 Å². The zero-order valence-corrected chi connectivity index (χ0v) is 44.2. The van der Waals surface area contributed by atoms with Crippen LogP contribution in [0, 0.1) is 0 Å². The number of hydrogen-bond acceptors (Lipinski definition) is 6. The lowest BCUT2D eigenvalue weighted by Gasteiger charge is -2.18. The number of carbonyl (C=O) groups excluding carboxylic acids is 3. The molecule has 0 saturated carbocycles. The molecule has 0 saturated heterocycles. The molecule has 0 rings (SSSR count). The lowest BCUT2D eigenvalue weighted by atomic mass is 10.0. The average Bonchev–Trinajstić information content (AvgIpc) is 3.33. The summed E-state index contributed by atoms with van der Waals surface area (Å²) in [6, 6.07) is 0. The summed E-state index contributed by atoms with van der Waals surface area (Å²) in [7, 11) is 0. The van der Waals surface area contributed by atoms with Crippen molar-refractivity contribution in [3.63, 3.8) is 0 Å². The standard InChI is InChI=1S/C61H106O6/c1-4-7-10-13-16-19-22-25-27-28-29-30-31-32-33-35-36-39-42-45-48-51-54-60(63)66-57-58(56-65-59(62)53-50-47-44-41-38-24-21-18-15-12-9-6-3)67-61(64)55-52-49-46-43-40-37-34-26-23-20-17-14-11-8-5-2/h8,11,17-18,20-21,26,34,40,43,49,52,58H,4-7,9-10,12-16,19,22-25,27-33,35-39,41-42,44-48,50-51,53-57H2,1-3H3/b11-8-,20-17-,21-18-,34-26-,43-40-,52-49-. The number of esters is 3. The van der Waals surface area contributed by atoms with Crippen LogP contribution in [0.3, 0.4) is 0 Å². The summed E-state index contributed by atoms with van der Waals surface area (Å²) in [6.45, 7) is 6.43. The molecule has 0 amide bonds. The maximum atomic E-state index is 12.8. The van der Waals surface area contributed by atoms with Crippen LogP contribution in [0.15, 0.2) is 72.9 Å². The Hall–Kier alpha value is -3.15. The molecule has 6 nitrogen and oxygen atoms in total. The Morgan fingerprint density at radius 3 is 1.00 bits per heavy atom. The first-order valence-electron chi connectivity index (χ1n) is 28.4. The molecule has 67 heavy (non-hydrogen) atoms. The van der Waals surface area contributed by atoms with Crippen molar-refractivity contribution in [3.05, 3.63) is 72.9 Å². The molecule has 386 valence electrons. The van der Waals surface area contributed by atoms with Gasteiger partial charge in [0.2, 0.25) is 0 Å². The molecule has 0 spiro atoms. The van der Waals surface area contributed by atoms with Crippen LogP contribution >= 0.6 is 0 Å². The molecule has 0 aliphatic carbocycles. The lowest BCUT2D eigenvalue weighted by molar-refractivity contribution is -0.166. The Bertz CT molecular complexity index is 1260. The van der Waals surface area contributed by atoms with Crippen LogP contribution in [0.1, 0.15) is 278 Å². The van der Waals surface area contributed by atoms with Gasteiger partial charge in [0.15, 0.2) is 6.10 Å². The van der Waals surface area contributed by atoms with Crippen molar-refractivity contribution in [1.82, 2.24) is 0 Å². The van der Waals surface area contributed by atoms with E-state index in [1.807, 2.05) is 6.08 Å². The third-order valence-corrected chi connectivity index (χ3v) is 12.2. The van der Waals surface area contributed by atoms with Gasteiger partial charge in [0, 0.05) is 12.8 Å². The lowest BCUT2D eigenvalue weighted by Crippen LogP contribution is -2.30. The maximum absolute atomic E-state index is 12.8. The van der Waals surface area contributed by atoms with Gasteiger partial charge in [0.05, 0.1) is 6.42 Å². The largest absolute Gasteiger partial charge is 0.462 e. The Morgan fingerprint density at radius 1 is 0.328 bits per heavy atom. The number of carbonyl (C=O) groups is 3. The van der Waals surface area contributed by atoms with E-state index in [4.69, 9.17) is 14.2 Å². The fourth-order valence-electron chi connectivity index (χ4n) is 7.98. The monoisotopic (exact) mass is 935 g/mol. The average molecular weight is 936 g/mol. The summed E-state index contributed by atoms with van der Waals surface area (Å²) in [5.74, 6) is -1.05. The van der Waals surface area contributed by atoms with Gasteiger partial charge in [-0.05, 0) is 70.6 Å². The molecule has 0 fully saturated rings. The minimum absolute atomic E-state index is 0.0973. The molecule has 0 heterocycles. The number of hydrogen-bond donors (Lipinski definition) is 0. The van der Waals surface area contributed by atoms with Crippen molar-refractivity contribution in [2.75, 3.05) is 13.2 Å². The van der Waals surface area contributed by atoms with Crippen LogP contribution in [0.5, 0.6) is 0 Å². The van der Waals surface area contributed by atoms with Gasteiger partial charge in [0.25, 0.3) is 0 Å². The van der Waals surface area contributed by atoms with E-state index in [2.05, 4.69) is 81.5 Å². The Morgan fingerprint density at radius 2 is 0.627 bits per heavy atom. The molecule has 0 aromatic heterocycles. The Labute approximate surface area is 414 Å². The third-order valence-electron chi connectivity index (χ3n) is 12.2. The maximum Gasteiger partial charge on any atom is 0.310 e. The predicted molar refractivity (Wildman–Crippen MR) is 288 cm³/mol. The summed E-state index contributed by atoms with van der Waals surface area (Å²) >= 11 is 0. The number of rotatable bonds is 51. The van der Waals surface area contributed by atoms with Gasteiger partial charge in [-0.1, -0.05) is 261 Å². The molecule has 6 heteroatoms. The summed E-state index contributed by atoms with van der Waals surface area (Å²) in [5.41, 5.74) is 0. The summed E-state index contributed by atoms with van der Waals surface area (Å²) < 4.78 is 16.7. The minimum Gasteiger partial charge on any atom is -0.462 e. The zero-order valence-electron chi connectivity index (χ0n) is 44.2. The first-order valence-corrected chi connectivity index (χ1v) is 28.4. The molecule has 0 aromatic rings. The van der Waals surface area contributed by atoms with Crippen molar-refractivity contribution >= 4 is 17.9 Å². The van der Waals surface area contributed by atoms with Gasteiger partial charge in [-0.2, -0.15) is 0 Å². The first-order chi connectivity index (χ1) is 33.0. The van der Waals surface area contributed by atoms with E-state index >= 15 is 0 Å². The second-order valence-electron chi connectivity index (χ2n) is 18.8. The van der Waals surface area contributed by atoms with Crippen LogP contribution in [-0.2, 0) is 28.6 Å². The highest BCUT2D eigenvalue weighted by Crippen LogP contribution is 2.16. The Balaban J connectivity index is 4.37. The molecule has 0 bridgehead atoms. The molecular formula is C61H106O6. The van der Waals surface area contributed by atoms with Crippen molar-refractivity contribution in [1.29, 1.82) is 0 Å². The second-order valence-corrected chi connectivity index (χ2v) is 18.8. The molecule has 0 radical (unpaired) electrons. The zero-order chi connectivity index (χ0) is 48.6. The van der Waals surface area contributed by atoms with Crippen LogP contribution in [-0.4, -0.2) is 37.2 Å². The topological polar surface area (TPSA) is 78.9 Å². The van der Waals surface area contributed by atoms with Crippen LogP contribution in [0.2, 0.25) is 0 Å². The van der Waals surface area contributed by atoms with Crippen LogP contribution in [0.25, 0.3) is 0 Å². The van der Waals surface area contributed by atoms with Crippen molar-refractivity contribution in [2.24, 2.45) is 0 Å². The molecule has 0 N–H and O–H groups in total. The highest BCUT2D eigenvalue weighted by atomic mass is 16.6. The summed E-state index contributed by atoms with van der Waals surface area (Å²) in [6.07, 6.45) is 70.7. The van der Waals surface area contributed by atoms with Gasteiger partial charge in [-0.25, -0.2) is 0 Å². The van der Waals surface area contributed by atoms with E-state index < -0.39 is 12.1 Å². The van der Waals surface area contributed by atoms with E-state index in [-0.39, 0.29) is 31.6 Å². The fraction of sp³-hybridized carbons (Fsp3) is 0.754. The first kappa shape index (κ1) is 63.8. The molecule has 0 aliphatic rings. The van der Waals surface area contributed by atoms with E-state index in [0.29, 0.717) is 12.8 Å². The minimum atomic E-state index is -0.831. The molecule has 1 unspecified atom stereocenters. The van der Waals surface area contributed by atoms with Crippen LogP contribution < -0.4 is 0 Å². The second kappa shape index (κ2) is 55.4. The quantitative estimate of drug-likeness (QED) is 0.0262. The van der Waals surface area contributed by atoms with Gasteiger partial charge in [-0.3, -0.25) is 14.4 Å². The van der Waals surface area contributed by atoms with E-state index in [9.17, 15) is 14.4 Å². The molecular weight excluding hydrogens is 829 g/mol. The normalized spacial score (nSPS) is 12.6. The molecule has 0 aromatic carbocycles. The fourth-order valence-corrected chi connectivity index (χ4v) is 7.98. The van der Waals surface area contributed by atoms with Crippen molar-refractivity contribution in [2.45, 2.75) is 284 Å². The smallest absolute Gasteiger partial charge is 0.310 e.